The van der Waals surface area contributed by atoms with Gasteiger partial charge >= 0.3 is 5.97 Å². The van der Waals surface area contributed by atoms with Crippen molar-refractivity contribution in [3.8, 4) is 0 Å². The van der Waals surface area contributed by atoms with Crippen molar-refractivity contribution in [3.63, 3.8) is 0 Å². The van der Waals surface area contributed by atoms with Crippen LogP contribution in [0.2, 0.25) is 0 Å². The van der Waals surface area contributed by atoms with Crippen molar-refractivity contribution in [1.29, 1.82) is 0 Å². The Labute approximate surface area is 212 Å². The second-order valence-electron chi connectivity index (χ2n) is 9.21. The zero-order valence-corrected chi connectivity index (χ0v) is 21.7. The standard InChI is InChI=1S/C28H27N3O4S/c1-6-30-20-10-8-7-9-19(20)22(25(30)32)24-26(33)31-23(18-13-11-16(4)12-14-18)21(27(34)35-15(2)3)17(5)29-28(31)36-24/h7-15,23H,6H2,1-5H3/b24-22-/t23-/m1/s1. The van der Waals surface area contributed by atoms with Crippen LogP contribution in [-0.2, 0) is 14.3 Å². The van der Waals surface area contributed by atoms with Crippen LogP contribution in [0.4, 0.5) is 5.69 Å². The number of carbonyl (C=O) groups is 2. The molecule has 0 bridgehead atoms. The van der Waals surface area contributed by atoms with Crippen LogP contribution in [-0.4, -0.2) is 29.1 Å². The molecule has 1 amide bonds. The van der Waals surface area contributed by atoms with E-state index in [0.29, 0.717) is 32.7 Å². The molecule has 0 radical (unpaired) electrons. The largest absolute Gasteiger partial charge is 0.459 e. The van der Waals surface area contributed by atoms with Crippen LogP contribution in [0.5, 0.6) is 0 Å². The summed E-state index contributed by atoms with van der Waals surface area (Å²) in [7, 11) is 0. The maximum absolute atomic E-state index is 14.0. The first-order chi connectivity index (χ1) is 17.2. The summed E-state index contributed by atoms with van der Waals surface area (Å²) in [5, 5.41) is 0. The molecule has 0 saturated heterocycles. The minimum Gasteiger partial charge on any atom is -0.459 e. The summed E-state index contributed by atoms with van der Waals surface area (Å²) in [6.45, 7) is 9.71. The Bertz CT molecular complexity index is 1610. The van der Waals surface area contributed by atoms with Crippen LogP contribution in [0.25, 0.3) is 5.57 Å². The summed E-state index contributed by atoms with van der Waals surface area (Å²) < 4.78 is 7.41. The minimum atomic E-state index is -0.712. The van der Waals surface area contributed by atoms with Crippen LogP contribution < -0.4 is 19.8 Å². The third kappa shape index (κ3) is 3.73. The number of carbonyl (C=O) groups excluding carboxylic acids is 2. The third-order valence-corrected chi connectivity index (χ3v) is 7.47. The monoisotopic (exact) mass is 501 g/mol. The van der Waals surface area contributed by atoms with E-state index >= 15 is 0 Å². The fraction of sp³-hybridized carbons (Fsp3) is 0.286. The Balaban J connectivity index is 1.81. The lowest BCUT2D eigenvalue weighted by atomic mass is 9.95. The van der Waals surface area contributed by atoms with Crippen LogP contribution in [0.1, 0.15) is 50.4 Å². The Kier molecular flexibility index (Phi) is 6.00. The van der Waals surface area contributed by atoms with Gasteiger partial charge in [-0.25, -0.2) is 9.79 Å². The fourth-order valence-corrected chi connectivity index (χ4v) is 5.92. The number of aromatic nitrogens is 1. The lowest BCUT2D eigenvalue weighted by Gasteiger charge is -2.25. The van der Waals surface area contributed by atoms with E-state index in [0.717, 1.165) is 22.4 Å². The van der Waals surface area contributed by atoms with Crippen LogP contribution in [0.15, 0.2) is 69.6 Å². The molecule has 2 aromatic carbocycles. The van der Waals surface area contributed by atoms with Gasteiger partial charge in [-0.2, -0.15) is 0 Å². The molecule has 36 heavy (non-hydrogen) atoms. The number of thiazole rings is 1. The zero-order valence-electron chi connectivity index (χ0n) is 20.9. The zero-order chi connectivity index (χ0) is 25.7. The number of anilines is 1. The summed E-state index contributed by atoms with van der Waals surface area (Å²) in [4.78, 5) is 47.5. The van der Waals surface area contributed by atoms with Crippen molar-refractivity contribution in [2.45, 2.75) is 46.8 Å². The molecule has 8 heteroatoms. The number of likely N-dealkylation sites (N-methyl/N-ethyl adjacent to an activating group) is 1. The second kappa shape index (κ2) is 9.02. The van der Waals surface area contributed by atoms with Gasteiger partial charge in [0.25, 0.3) is 11.5 Å². The van der Waals surface area contributed by atoms with E-state index in [2.05, 4.69) is 4.99 Å². The van der Waals surface area contributed by atoms with E-state index in [1.807, 2.05) is 62.4 Å². The van der Waals surface area contributed by atoms with Crippen LogP contribution in [0, 0.1) is 6.92 Å². The lowest BCUT2D eigenvalue weighted by molar-refractivity contribution is -0.143. The van der Waals surface area contributed by atoms with Crippen LogP contribution in [0.3, 0.4) is 0 Å². The van der Waals surface area contributed by atoms with Gasteiger partial charge in [0.2, 0.25) is 0 Å². The Morgan fingerprint density at radius 1 is 1.08 bits per heavy atom. The third-order valence-electron chi connectivity index (χ3n) is 6.42. The number of fused-ring (bicyclic) bond motifs is 2. The number of allylic oxidation sites excluding steroid dienone is 1. The number of benzene rings is 2. The topological polar surface area (TPSA) is 81.0 Å². The number of para-hydroxylation sites is 1. The number of aryl methyl sites for hydroxylation is 1. The smallest absolute Gasteiger partial charge is 0.338 e. The highest BCUT2D eigenvalue weighted by atomic mass is 32.1. The maximum Gasteiger partial charge on any atom is 0.338 e. The quantitative estimate of drug-likeness (QED) is 0.514. The number of esters is 1. The van der Waals surface area contributed by atoms with Crippen molar-refractivity contribution in [3.05, 3.63) is 96.2 Å². The van der Waals surface area contributed by atoms with Crippen LogP contribution >= 0.6 is 11.3 Å². The van der Waals surface area contributed by atoms with Gasteiger partial charge in [-0.1, -0.05) is 59.4 Å². The molecule has 0 aliphatic carbocycles. The molecule has 1 aromatic heterocycles. The van der Waals surface area contributed by atoms with Gasteiger partial charge in [0.05, 0.1) is 34.7 Å². The van der Waals surface area contributed by atoms with Gasteiger partial charge < -0.3 is 9.64 Å². The number of amides is 1. The molecule has 2 aliphatic rings. The lowest BCUT2D eigenvalue weighted by Crippen LogP contribution is -2.41. The normalized spacial score (nSPS) is 18.3. The number of hydrogen-bond acceptors (Lipinski definition) is 6. The Morgan fingerprint density at radius 2 is 1.78 bits per heavy atom. The molecule has 0 saturated carbocycles. The van der Waals surface area contributed by atoms with Gasteiger partial charge in [0.15, 0.2) is 4.80 Å². The van der Waals surface area contributed by atoms with Crippen molar-refractivity contribution < 1.29 is 14.3 Å². The van der Waals surface area contributed by atoms with Gasteiger partial charge in [-0.3, -0.25) is 14.2 Å². The molecule has 1 atom stereocenters. The predicted octanol–water partition coefficient (Wildman–Crippen LogP) is 3.23. The van der Waals surface area contributed by atoms with E-state index in [9.17, 15) is 14.4 Å². The average Bonchev–Trinajstić information content (AvgIpc) is 3.30. The first-order valence-corrected chi connectivity index (χ1v) is 12.8. The van der Waals surface area contributed by atoms with Crippen molar-refractivity contribution >= 4 is 34.5 Å². The molecule has 184 valence electrons. The molecule has 5 rings (SSSR count). The van der Waals surface area contributed by atoms with E-state index < -0.39 is 12.0 Å². The van der Waals surface area contributed by atoms with E-state index in [-0.39, 0.29) is 17.6 Å². The predicted molar refractivity (Wildman–Crippen MR) is 140 cm³/mol. The van der Waals surface area contributed by atoms with E-state index in [4.69, 9.17) is 4.74 Å². The molecule has 3 heterocycles. The Hall–Kier alpha value is -3.78. The summed E-state index contributed by atoms with van der Waals surface area (Å²) in [6, 6.07) is 14.5. The number of ether oxygens (including phenoxy) is 1. The maximum atomic E-state index is 14.0. The minimum absolute atomic E-state index is 0.203. The molecular formula is C28H27N3O4S. The highest BCUT2D eigenvalue weighted by Gasteiger charge is 2.37. The number of hydrogen-bond donors (Lipinski definition) is 0. The molecule has 7 nitrogen and oxygen atoms in total. The average molecular weight is 502 g/mol. The summed E-state index contributed by atoms with van der Waals surface area (Å²) in [6.07, 6.45) is -0.323. The van der Waals surface area contributed by atoms with Crippen molar-refractivity contribution in [2.75, 3.05) is 11.4 Å². The molecule has 2 aliphatic heterocycles. The van der Waals surface area contributed by atoms with Crippen molar-refractivity contribution in [2.24, 2.45) is 4.99 Å². The SMILES string of the molecule is CCN1C(=O)/C(=c2\sc3n(c2=O)[C@H](c2ccc(C)cc2)C(C(=O)OC(C)C)=C(C)N=3)c2ccccc21. The van der Waals surface area contributed by atoms with Gasteiger partial charge in [-0.15, -0.1) is 0 Å². The van der Waals surface area contributed by atoms with Crippen molar-refractivity contribution in [1.82, 2.24) is 4.57 Å². The fourth-order valence-electron chi connectivity index (χ4n) is 4.79. The number of rotatable bonds is 4. The second-order valence-corrected chi connectivity index (χ2v) is 10.2. The highest BCUT2D eigenvalue weighted by Crippen LogP contribution is 2.35. The summed E-state index contributed by atoms with van der Waals surface area (Å²) in [5.41, 5.74) is 4.22. The molecule has 0 spiro atoms. The Morgan fingerprint density at radius 3 is 2.44 bits per heavy atom. The first-order valence-electron chi connectivity index (χ1n) is 12.0. The number of nitrogens with zero attached hydrogens (tertiary/aromatic N) is 3. The molecule has 0 fully saturated rings. The molecular weight excluding hydrogens is 474 g/mol. The first kappa shape index (κ1) is 23.9. The highest BCUT2D eigenvalue weighted by molar-refractivity contribution is 7.07. The summed E-state index contributed by atoms with van der Waals surface area (Å²) >= 11 is 1.19. The van der Waals surface area contributed by atoms with E-state index in [1.165, 1.54) is 15.9 Å². The molecule has 3 aromatic rings. The van der Waals surface area contributed by atoms with Gasteiger partial charge in [0.1, 0.15) is 4.53 Å². The molecule has 0 unspecified atom stereocenters. The summed E-state index contributed by atoms with van der Waals surface area (Å²) in [5.74, 6) is -0.708. The van der Waals surface area contributed by atoms with Gasteiger partial charge in [0, 0.05) is 12.1 Å². The molecule has 0 N–H and O–H groups in total. The van der Waals surface area contributed by atoms with E-state index in [1.54, 1.807) is 25.7 Å². The van der Waals surface area contributed by atoms with Gasteiger partial charge in [-0.05, 0) is 46.2 Å².